The highest BCUT2D eigenvalue weighted by molar-refractivity contribution is 5.66. The third-order valence-electron chi connectivity index (χ3n) is 2.75. The molecule has 80 valence electrons. The second-order valence-electron chi connectivity index (χ2n) is 3.73. The molecule has 0 aromatic carbocycles. The Morgan fingerprint density at radius 2 is 2.06 bits per heavy atom. The van der Waals surface area contributed by atoms with Crippen LogP contribution in [0.2, 0.25) is 0 Å². The molecule has 1 aromatic rings. The quantitative estimate of drug-likeness (QED) is 0.668. The van der Waals surface area contributed by atoms with E-state index in [1.54, 1.807) is 6.20 Å². The predicted octanol–water partition coefficient (Wildman–Crippen LogP) is 1.62. The number of nitrogens with zero attached hydrogens (tertiary/aromatic N) is 4. The van der Waals surface area contributed by atoms with E-state index in [4.69, 9.17) is 0 Å². The summed E-state index contributed by atoms with van der Waals surface area (Å²) in [6.45, 7) is 2.01. The lowest BCUT2D eigenvalue weighted by molar-refractivity contribution is 0.740. The third kappa shape index (κ3) is 1.21. The fourth-order valence-corrected chi connectivity index (χ4v) is 1.69. The summed E-state index contributed by atoms with van der Waals surface area (Å²) in [6.07, 6.45) is 5.49. The first-order valence-electron chi connectivity index (χ1n) is 5.05. The second kappa shape index (κ2) is 3.16. The summed E-state index contributed by atoms with van der Waals surface area (Å²) in [4.78, 5) is 11.9. The van der Waals surface area contributed by atoms with Crippen molar-refractivity contribution in [3.05, 3.63) is 30.4 Å². The summed E-state index contributed by atoms with van der Waals surface area (Å²) in [7, 11) is 1.91. The molecule has 1 N–H and O–H groups in total. The lowest BCUT2D eigenvalue weighted by atomic mass is 10.2. The summed E-state index contributed by atoms with van der Waals surface area (Å²) in [5, 5.41) is 4.19. The van der Waals surface area contributed by atoms with Gasteiger partial charge in [-0.1, -0.05) is 0 Å². The van der Waals surface area contributed by atoms with Gasteiger partial charge < -0.3 is 4.98 Å². The average molecular weight is 213 g/mol. The third-order valence-corrected chi connectivity index (χ3v) is 2.75. The molecule has 0 radical (unpaired) electrons. The Bertz CT molecular complexity index is 577. The molecule has 0 unspecified atom stereocenters. The number of aromatic nitrogens is 5. The van der Waals surface area contributed by atoms with E-state index in [1.807, 2.05) is 37.1 Å². The number of aryl methyl sites for hydroxylation is 1. The average Bonchev–Trinajstić information content (AvgIpc) is 2.84. The molecule has 0 aliphatic carbocycles. The molecule has 2 aliphatic heterocycles. The van der Waals surface area contributed by atoms with Crippen molar-refractivity contribution in [2.24, 2.45) is 7.05 Å². The zero-order valence-electron chi connectivity index (χ0n) is 9.10. The van der Waals surface area contributed by atoms with E-state index in [2.05, 4.69) is 20.1 Å². The molecule has 0 saturated carbocycles. The molecule has 0 bridgehead atoms. The van der Waals surface area contributed by atoms with Crippen molar-refractivity contribution in [2.75, 3.05) is 0 Å². The van der Waals surface area contributed by atoms with Crippen molar-refractivity contribution < 1.29 is 0 Å². The van der Waals surface area contributed by atoms with Gasteiger partial charge in [0.15, 0.2) is 5.82 Å². The van der Waals surface area contributed by atoms with E-state index in [0.717, 1.165) is 28.5 Å². The van der Waals surface area contributed by atoms with Crippen molar-refractivity contribution in [3.63, 3.8) is 0 Å². The minimum absolute atomic E-state index is 0.736. The van der Waals surface area contributed by atoms with Crippen LogP contribution in [0.1, 0.15) is 5.69 Å². The van der Waals surface area contributed by atoms with Gasteiger partial charge in [-0.25, -0.2) is 9.97 Å². The van der Waals surface area contributed by atoms with Crippen LogP contribution in [0.5, 0.6) is 0 Å². The lowest BCUT2D eigenvalue weighted by Gasteiger charge is -1.94. The minimum atomic E-state index is 0.736. The Balaban J connectivity index is 2.21. The van der Waals surface area contributed by atoms with Crippen LogP contribution in [0.25, 0.3) is 22.8 Å². The number of aromatic amines is 1. The van der Waals surface area contributed by atoms with E-state index in [-0.39, 0.29) is 0 Å². The van der Waals surface area contributed by atoms with Crippen molar-refractivity contribution in [1.29, 1.82) is 0 Å². The molecule has 3 rings (SSSR count). The summed E-state index contributed by atoms with van der Waals surface area (Å²) in [6, 6.07) is 1.91. The van der Waals surface area contributed by atoms with Crippen molar-refractivity contribution >= 4 is 0 Å². The van der Waals surface area contributed by atoms with Gasteiger partial charge >= 0.3 is 0 Å². The van der Waals surface area contributed by atoms with E-state index < -0.39 is 0 Å². The van der Waals surface area contributed by atoms with E-state index >= 15 is 0 Å². The Kier molecular flexibility index (Phi) is 1.80. The summed E-state index contributed by atoms with van der Waals surface area (Å²) in [5.74, 6) is 0.736. The molecule has 5 heteroatoms. The molecular weight excluding hydrogens is 202 g/mol. The fourth-order valence-electron chi connectivity index (χ4n) is 1.69. The first kappa shape index (κ1) is 9.08. The lowest BCUT2D eigenvalue weighted by Crippen LogP contribution is -1.92. The van der Waals surface area contributed by atoms with Crippen LogP contribution in [0.4, 0.5) is 0 Å². The molecule has 16 heavy (non-hydrogen) atoms. The summed E-state index contributed by atoms with van der Waals surface area (Å²) >= 11 is 0. The molecule has 1 aromatic heterocycles. The zero-order chi connectivity index (χ0) is 11.1. The molecular formula is C11H11N5. The first-order chi connectivity index (χ1) is 7.75. The van der Waals surface area contributed by atoms with Crippen LogP contribution in [0, 0.1) is 6.92 Å². The number of imidazole rings is 1. The summed E-state index contributed by atoms with van der Waals surface area (Å²) in [5.41, 5.74) is 3.83. The molecule has 3 heterocycles. The Hall–Kier alpha value is -2.17. The number of hydrogen-bond donors (Lipinski definition) is 1. The van der Waals surface area contributed by atoms with E-state index in [0.29, 0.717) is 0 Å². The Morgan fingerprint density at radius 3 is 2.75 bits per heavy atom. The highest BCUT2D eigenvalue weighted by atomic mass is 15.3. The highest BCUT2D eigenvalue weighted by Gasteiger charge is 2.14. The van der Waals surface area contributed by atoms with Crippen LogP contribution in [-0.4, -0.2) is 24.7 Å². The maximum atomic E-state index is 4.47. The van der Waals surface area contributed by atoms with Gasteiger partial charge in [0, 0.05) is 25.1 Å². The molecule has 0 spiro atoms. The molecule has 0 atom stereocenters. The topological polar surface area (TPSA) is 59.4 Å². The second-order valence-corrected chi connectivity index (χ2v) is 3.73. The van der Waals surface area contributed by atoms with Crippen LogP contribution in [0.3, 0.4) is 0 Å². The van der Waals surface area contributed by atoms with Gasteiger partial charge in [-0.15, -0.1) is 0 Å². The molecule has 5 nitrogen and oxygen atoms in total. The molecule has 2 aliphatic rings. The fraction of sp³-hybridized carbons (Fsp3) is 0.182. The minimum Gasteiger partial charge on any atom is -0.366 e. The smallest absolute Gasteiger partial charge is 0.164 e. The molecule has 0 saturated heterocycles. The monoisotopic (exact) mass is 213 g/mol. The SMILES string of the molecule is Cc1c(-c2nc3cc[nH]cc-3n2)cnn1C. The Morgan fingerprint density at radius 1 is 1.25 bits per heavy atom. The number of hydrogen-bond acceptors (Lipinski definition) is 3. The van der Waals surface area contributed by atoms with Gasteiger partial charge in [-0.3, -0.25) is 4.68 Å². The number of pyridine rings is 1. The van der Waals surface area contributed by atoms with Gasteiger partial charge in [0.05, 0.1) is 17.5 Å². The highest BCUT2D eigenvalue weighted by Crippen LogP contribution is 2.25. The van der Waals surface area contributed by atoms with Crippen molar-refractivity contribution in [2.45, 2.75) is 6.92 Å². The van der Waals surface area contributed by atoms with Gasteiger partial charge in [-0.05, 0) is 13.0 Å². The van der Waals surface area contributed by atoms with Crippen molar-refractivity contribution in [3.8, 4) is 22.8 Å². The molecule has 0 fully saturated rings. The van der Waals surface area contributed by atoms with Gasteiger partial charge in [-0.2, -0.15) is 5.10 Å². The van der Waals surface area contributed by atoms with Crippen LogP contribution in [-0.2, 0) is 7.05 Å². The standard InChI is InChI=1S/C11H11N5/c1-7-8(5-13-16(7)2)11-14-9-3-4-12-6-10(9)15-11/h3-6,12H,1-2H3. The van der Waals surface area contributed by atoms with Crippen LogP contribution >= 0.6 is 0 Å². The largest absolute Gasteiger partial charge is 0.366 e. The Labute approximate surface area is 92.5 Å². The molecule has 0 amide bonds. The first-order valence-corrected chi connectivity index (χ1v) is 5.05. The van der Waals surface area contributed by atoms with Crippen LogP contribution in [0.15, 0.2) is 24.7 Å². The van der Waals surface area contributed by atoms with Gasteiger partial charge in [0.25, 0.3) is 0 Å². The summed E-state index contributed by atoms with van der Waals surface area (Å²) < 4.78 is 1.82. The maximum Gasteiger partial charge on any atom is 0.164 e. The maximum absolute atomic E-state index is 4.47. The zero-order valence-corrected chi connectivity index (χ0v) is 9.10. The normalized spacial score (nSPS) is 11.1. The van der Waals surface area contributed by atoms with Crippen LogP contribution < -0.4 is 0 Å². The number of fused-ring (bicyclic) bond motifs is 1. The van der Waals surface area contributed by atoms with E-state index in [9.17, 15) is 0 Å². The number of nitrogens with one attached hydrogen (secondary N) is 1. The number of H-pyrrole nitrogens is 1. The number of rotatable bonds is 1. The van der Waals surface area contributed by atoms with Gasteiger partial charge in [0.2, 0.25) is 0 Å². The van der Waals surface area contributed by atoms with Crippen molar-refractivity contribution in [1.82, 2.24) is 24.7 Å². The van der Waals surface area contributed by atoms with Gasteiger partial charge in [0.1, 0.15) is 5.69 Å². The van der Waals surface area contributed by atoms with E-state index in [1.165, 1.54) is 0 Å². The predicted molar refractivity (Wildman–Crippen MR) is 59.9 cm³/mol.